The second kappa shape index (κ2) is 5.56. The maximum Gasteiger partial charge on any atom is 0.0601 e. The number of allylic oxidation sites excluding steroid dienone is 1. The molecule has 4 aliphatic rings. The van der Waals surface area contributed by atoms with Crippen molar-refractivity contribution < 1.29 is 15.3 Å². The molecule has 0 radical (unpaired) electrons. The number of aliphatic hydroxyl groups is 3. The van der Waals surface area contributed by atoms with Gasteiger partial charge in [0.1, 0.15) is 0 Å². The molecule has 136 valence electrons. The van der Waals surface area contributed by atoms with Gasteiger partial charge in [-0.2, -0.15) is 0 Å². The molecule has 9 atom stereocenters. The largest absolute Gasteiger partial charge is 0.393 e. The molecule has 0 spiro atoms. The average Bonchev–Trinajstić information content (AvgIpc) is 2.78. The Morgan fingerprint density at radius 2 is 1.88 bits per heavy atom. The zero-order chi connectivity index (χ0) is 17.3. The molecule has 3 fully saturated rings. The first-order valence-corrected chi connectivity index (χ1v) is 10.0. The van der Waals surface area contributed by atoms with E-state index in [2.05, 4.69) is 19.9 Å². The van der Waals surface area contributed by atoms with Gasteiger partial charge >= 0.3 is 0 Å². The van der Waals surface area contributed by atoms with Crippen molar-refractivity contribution in [1.29, 1.82) is 0 Å². The van der Waals surface area contributed by atoms with E-state index in [1.165, 1.54) is 12.0 Å². The van der Waals surface area contributed by atoms with Gasteiger partial charge in [-0.05, 0) is 80.5 Å². The van der Waals surface area contributed by atoms with E-state index < -0.39 is 6.10 Å². The first kappa shape index (κ1) is 17.1. The van der Waals surface area contributed by atoms with Gasteiger partial charge in [-0.1, -0.05) is 25.5 Å². The highest BCUT2D eigenvalue weighted by Gasteiger charge is 2.61. The van der Waals surface area contributed by atoms with Crippen molar-refractivity contribution in [3.8, 4) is 0 Å². The summed E-state index contributed by atoms with van der Waals surface area (Å²) in [5.41, 5.74) is 1.82. The highest BCUT2D eigenvalue weighted by Crippen LogP contribution is 2.66. The molecule has 3 heteroatoms. The van der Waals surface area contributed by atoms with E-state index in [0.29, 0.717) is 17.8 Å². The van der Waals surface area contributed by atoms with E-state index in [1.807, 2.05) is 6.92 Å². The predicted molar refractivity (Wildman–Crippen MR) is 94.3 cm³/mol. The monoisotopic (exact) mass is 334 g/mol. The third-order valence-corrected chi connectivity index (χ3v) is 8.71. The summed E-state index contributed by atoms with van der Waals surface area (Å²) in [7, 11) is 0. The lowest BCUT2D eigenvalue weighted by Crippen LogP contribution is -2.51. The molecule has 4 rings (SSSR count). The minimum atomic E-state index is -0.429. The molecule has 3 saturated carbocycles. The van der Waals surface area contributed by atoms with Crippen molar-refractivity contribution in [3.63, 3.8) is 0 Å². The Hall–Kier alpha value is -0.380. The Kier molecular flexibility index (Phi) is 3.95. The van der Waals surface area contributed by atoms with Crippen LogP contribution in [0.15, 0.2) is 11.6 Å². The summed E-state index contributed by atoms with van der Waals surface area (Å²) >= 11 is 0. The Morgan fingerprint density at radius 1 is 1.12 bits per heavy atom. The average molecular weight is 335 g/mol. The van der Waals surface area contributed by atoms with E-state index in [-0.39, 0.29) is 29.0 Å². The molecule has 3 nitrogen and oxygen atoms in total. The van der Waals surface area contributed by atoms with Gasteiger partial charge in [0.25, 0.3) is 0 Å². The van der Waals surface area contributed by atoms with Crippen LogP contribution < -0.4 is 0 Å². The van der Waals surface area contributed by atoms with Gasteiger partial charge in [0.2, 0.25) is 0 Å². The normalized spacial score (nSPS) is 55.2. The van der Waals surface area contributed by atoms with Gasteiger partial charge in [-0.3, -0.25) is 0 Å². The lowest BCUT2D eigenvalue weighted by atomic mass is 9.47. The van der Waals surface area contributed by atoms with Crippen LogP contribution in [0.2, 0.25) is 0 Å². The van der Waals surface area contributed by atoms with Crippen LogP contribution in [0, 0.1) is 34.5 Å². The third kappa shape index (κ3) is 2.20. The molecule has 2 unspecified atom stereocenters. The Labute approximate surface area is 146 Å². The summed E-state index contributed by atoms with van der Waals surface area (Å²) in [6.07, 6.45) is 8.67. The summed E-state index contributed by atoms with van der Waals surface area (Å²) in [5, 5.41) is 31.0. The first-order valence-electron chi connectivity index (χ1n) is 10.0. The van der Waals surface area contributed by atoms with Gasteiger partial charge in [0.05, 0.1) is 18.3 Å². The van der Waals surface area contributed by atoms with Gasteiger partial charge in [0.15, 0.2) is 0 Å². The zero-order valence-electron chi connectivity index (χ0n) is 15.4. The molecule has 0 aromatic rings. The van der Waals surface area contributed by atoms with Crippen molar-refractivity contribution >= 4 is 0 Å². The minimum Gasteiger partial charge on any atom is -0.393 e. The standard InChI is InChI=1S/C21H34O3/c1-12(22)19-18(24)11-17-15-5-4-13-10-14(23)6-8-20(13,2)16(15)7-9-21(17,19)3/h4,12,14-19,22-24H,5-11H2,1-3H3/t12?,14-,15+,16-,17-,18?,19-,20-,21-/m0/s1. The van der Waals surface area contributed by atoms with Crippen LogP contribution in [0.3, 0.4) is 0 Å². The molecule has 0 amide bonds. The molecule has 3 N–H and O–H groups in total. The van der Waals surface area contributed by atoms with E-state index in [4.69, 9.17) is 0 Å². The van der Waals surface area contributed by atoms with Gasteiger partial charge < -0.3 is 15.3 Å². The number of hydrogen-bond acceptors (Lipinski definition) is 3. The van der Waals surface area contributed by atoms with Gasteiger partial charge in [0, 0.05) is 5.92 Å². The van der Waals surface area contributed by atoms with Crippen LogP contribution in [0.4, 0.5) is 0 Å². The number of hydrogen-bond donors (Lipinski definition) is 3. The number of fused-ring (bicyclic) bond motifs is 5. The van der Waals surface area contributed by atoms with Crippen molar-refractivity contribution in [2.75, 3.05) is 0 Å². The number of aliphatic hydroxyl groups excluding tert-OH is 3. The van der Waals surface area contributed by atoms with Gasteiger partial charge in [-0.15, -0.1) is 0 Å². The van der Waals surface area contributed by atoms with Crippen LogP contribution in [0.1, 0.15) is 65.7 Å². The van der Waals surface area contributed by atoms with Gasteiger partial charge in [-0.25, -0.2) is 0 Å². The Balaban J connectivity index is 1.67. The fraction of sp³-hybridized carbons (Fsp3) is 0.905. The summed E-state index contributed by atoms with van der Waals surface area (Å²) in [4.78, 5) is 0. The lowest BCUT2D eigenvalue weighted by Gasteiger charge is -2.58. The predicted octanol–water partition coefficient (Wildman–Crippen LogP) is 3.28. The van der Waals surface area contributed by atoms with Crippen molar-refractivity contribution in [1.82, 2.24) is 0 Å². The smallest absolute Gasteiger partial charge is 0.0601 e. The molecule has 0 aliphatic heterocycles. The molecule has 0 aromatic carbocycles. The molecule has 24 heavy (non-hydrogen) atoms. The van der Waals surface area contributed by atoms with Crippen LogP contribution in [0.5, 0.6) is 0 Å². The van der Waals surface area contributed by atoms with E-state index in [1.54, 1.807) is 0 Å². The second-order valence-electron chi connectivity index (χ2n) is 9.77. The second-order valence-corrected chi connectivity index (χ2v) is 9.77. The van der Waals surface area contributed by atoms with Crippen LogP contribution in [-0.2, 0) is 0 Å². The third-order valence-electron chi connectivity index (χ3n) is 8.71. The molecule has 0 heterocycles. The topological polar surface area (TPSA) is 60.7 Å². The zero-order valence-corrected chi connectivity index (χ0v) is 15.4. The maximum atomic E-state index is 10.7. The van der Waals surface area contributed by atoms with Crippen LogP contribution >= 0.6 is 0 Å². The van der Waals surface area contributed by atoms with E-state index >= 15 is 0 Å². The highest BCUT2D eigenvalue weighted by atomic mass is 16.3. The van der Waals surface area contributed by atoms with E-state index in [9.17, 15) is 15.3 Å². The fourth-order valence-electron chi connectivity index (χ4n) is 7.57. The number of rotatable bonds is 1. The molecule has 4 aliphatic carbocycles. The van der Waals surface area contributed by atoms with Crippen LogP contribution in [0.25, 0.3) is 0 Å². The molecular formula is C21H34O3. The van der Waals surface area contributed by atoms with Crippen molar-refractivity contribution in [3.05, 3.63) is 11.6 Å². The quantitative estimate of drug-likeness (QED) is 0.645. The molecule has 0 bridgehead atoms. The first-order chi connectivity index (χ1) is 11.3. The minimum absolute atomic E-state index is 0.0230. The molecule has 0 aromatic heterocycles. The van der Waals surface area contributed by atoms with Crippen LogP contribution in [-0.4, -0.2) is 33.6 Å². The molecule has 0 saturated heterocycles. The maximum absolute atomic E-state index is 10.7. The summed E-state index contributed by atoms with van der Waals surface area (Å²) in [6, 6.07) is 0. The summed E-state index contributed by atoms with van der Waals surface area (Å²) in [5.74, 6) is 1.86. The SMILES string of the molecule is CC(O)[C@H]1C(O)C[C@H]2[C@@H]3CC=C4C[C@@H](O)CC[C@]4(C)[C@H]3CC[C@]12C. The Bertz CT molecular complexity index is 541. The highest BCUT2D eigenvalue weighted by molar-refractivity contribution is 5.25. The van der Waals surface area contributed by atoms with E-state index in [0.717, 1.165) is 38.5 Å². The lowest BCUT2D eigenvalue weighted by molar-refractivity contribution is -0.0761. The van der Waals surface area contributed by atoms with Crippen molar-refractivity contribution in [2.45, 2.75) is 84.0 Å². The summed E-state index contributed by atoms with van der Waals surface area (Å²) < 4.78 is 0. The Morgan fingerprint density at radius 3 is 2.58 bits per heavy atom. The van der Waals surface area contributed by atoms with Crippen molar-refractivity contribution in [2.24, 2.45) is 34.5 Å². The summed E-state index contributed by atoms with van der Waals surface area (Å²) in [6.45, 7) is 6.62. The fourth-order valence-corrected chi connectivity index (χ4v) is 7.57. The molecular weight excluding hydrogens is 300 g/mol.